The number of fused-ring (bicyclic) bond motifs is 2. The van der Waals surface area contributed by atoms with Crippen LogP contribution in [-0.2, 0) is 13.1 Å². The van der Waals surface area contributed by atoms with Crippen molar-refractivity contribution in [1.29, 1.82) is 0 Å². The van der Waals surface area contributed by atoms with Gasteiger partial charge in [0.2, 0.25) is 0 Å². The molecule has 0 fully saturated rings. The topological polar surface area (TPSA) is 87.7 Å². The van der Waals surface area contributed by atoms with E-state index in [1.165, 1.54) is 6.07 Å². The first-order valence-electron chi connectivity index (χ1n) is 8.00. The van der Waals surface area contributed by atoms with Gasteiger partial charge in [-0.2, -0.15) is 0 Å². The third-order valence-corrected chi connectivity index (χ3v) is 5.12. The number of nitrogens with one attached hydrogen (secondary N) is 2. The monoisotopic (exact) mass is 716 g/mol. The van der Waals surface area contributed by atoms with Gasteiger partial charge < -0.3 is 20.5 Å². The van der Waals surface area contributed by atoms with Crippen LogP contribution in [0.15, 0.2) is 33.2 Å². The number of methoxy groups -OCH3 is 1. The van der Waals surface area contributed by atoms with Crippen LogP contribution in [0.4, 0.5) is 0 Å². The Hall–Kier alpha value is -0.555. The lowest BCUT2D eigenvalue weighted by atomic mass is 10.1. The third kappa shape index (κ3) is 6.71. The van der Waals surface area contributed by atoms with Crippen molar-refractivity contribution in [3.05, 3.63) is 55.5 Å². The predicted octanol–water partition coefficient (Wildman–Crippen LogP) is 5.26. The minimum absolute atomic E-state index is 0.0236. The highest BCUT2D eigenvalue weighted by Crippen LogP contribution is 2.30. The van der Waals surface area contributed by atoms with E-state index in [0.717, 1.165) is 26.9 Å². The van der Waals surface area contributed by atoms with Crippen molar-refractivity contribution in [3.8, 4) is 11.5 Å². The molecule has 0 unspecified atom stereocenters. The first kappa shape index (κ1) is 24.7. The largest absolute Gasteiger partial charge is 0.508 e. The Labute approximate surface area is 209 Å². The molecule has 2 aliphatic heterocycles. The number of carbonyl (C=O) groups is 2. The standard InChI is InChI=1S/C9H8BrNO2.C8H6BrNO2.BBr3/c1-13-6-2-5-4-11-9(12)8(5)7(10)3-6;9-6-2-5(11)1-4-3-10-8(12)7(4)6;2-1(3)4/h2-3H,4H2,1H3,(H,11,12);1-2,11H,3H2,(H,10,12);. The quantitative estimate of drug-likeness (QED) is 0.352. The Morgan fingerprint density at radius 2 is 1.34 bits per heavy atom. The molecule has 2 amide bonds. The summed E-state index contributed by atoms with van der Waals surface area (Å²) in [6.07, 6.45) is 0. The van der Waals surface area contributed by atoms with E-state index in [1.807, 2.05) is 6.07 Å². The van der Waals surface area contributed by atoms with E-state index in [9.17, 15) is 14.7 Å². The summed E-state index contributed by atoms with van der Waals surface area (Å²) in [6.45, 7) is 1.09. The predicted molar refractivity (Wildman–Crippen MR) is 131 cm³/mol. The van der Waals surface area contributed by atoms with Crippen molar-refractivity contribution in [1.82, 2.24) is 10.6 Å². The summed E-state index contributed by atoms with van der Waals surface area (Å²) in [5.74, 6) is 0.834. The van der Waals surface area contributed by atoms with Gasteiger partial charge in [-0.15, -0.1) is 47.3 Å². The summed E-state index contributed by atoms with van der Waals surface area (Å²) in [7, 11) is 1.61. The van der Waals surface area contributed by atoms with Crippen LogP contribution < -0.4 is 15.4 Å². The first-order valence-corrected chi connectivity index (χ1v) is 12.3. The average molecular weight is 721 g/mol. The van der Waals surface area contributed by atoms with E-state index in [1.54, 1.807) is 19.2 Å². The zero-order chi connectivity index (χ0) is 21.7. The molecule has 154 valence electrons. The van der Waals surface area contributed by atoms with Crippen LogP contribution in [0.3, 0.4) is 0 Å². The number of hydrogen-bond acceptors (Lipinski definition) is 4. The zero-order valence-electron chi connectivity index (χ0n) is 14.9. The Morgan fingerprint density at radius 1 is 0.897 bits per heavy atom. The van der Waals surface area contributed by atoms with E-state index in [4.69, 9.17) is 4.74 Å². The lowest BCUT2D eigenvalue weighted by Crippen LogP contribution is -2.12. The fraction of sp³-hybridized carbons (Fsp3) is 0.176. The lowest BCUT2D eigenvalue weighted by Gasteiger charge is -2.03. The van der Waals surface area contributed by atoms with Gasteiger partial charge in [-0.05, 0) is 67.3 Å². The molecule has 0 atom stereocenters. The lowest BCUT2D eigenvalue weighted by molar-refractivity contribution is 0.0957. The summed E-state index contributed by atoms with van der Waals surface area (Å²) in [5.41, 5.74) is 3.18. The maximum atomic E-state index is 11.3. The number of phenolic OH excluding ortho intramolecular Hbond substituents is 1. The summed E-state index contributed by atoms with van der Waals surface area (Å²) in [5, 5.41) is 14.6. The molecule has 0 aromatic heterocycles. The molecule has 0 spiro atoms. The van der Waals surface area contributed by atoms with Gasteiger partial charge in [-0.25, -0.2) is 0 Å². The van der Waals surface area contributed by atoms with Gasteiger partial charge >= 0.3 is 3.18 Å². The number of halogens is 5. The normalized spacial score (nSPS) is 13.0. The smallest absolute Gasteiger partial charge is 0.369 e. The molecule has 2 aromatic rings. The van der Waals surface area contributed by atoms with Crippen molar-refractivity contribution in [2.45, 2.75) is 13.1 Å². The third-order valence-electron chi connectivity index (χ3n) is 3.87. The van der Waals surface area contributed by atoms with E-state index >= 15 is 0 Å². The van der Waals surface area contributed by atoms with Gasteiger partial charge in [0.1, 0.15) is 11.5 Å². The number of amides is 2. The number of aromatic hydroxyl groups is 1. The van der Waals surface area contributed by atoms with Crippen molar-refractivity contribution >= 4 is 94.1 Å². The van der Waals surface area contributed by atoms with E-state index in [2.05, 4.69) is 89.8 Å². The Kier molecular flexibility index (Phi) is 9.52. The van der Waals surface area contributed by atoms with E-state index in [-0.39, 0.29) is 20.7 Å². The molecule has 12 heteroatoms. The van der Waals surface area contributed by atoms with Gasteiger partial charge in [0.25, 0.3) is 11.8 Å². The Bertz CT molecular complexity index is 940. The highest BCUT2D eigenvalue weighted by Gasteiger charge is 2.23. The first-order chi connectivity index (χ1) is 13.6. The van der Waals surface area contributed by atoms with E-state index < -0.39 is 0 Å². The molecule has 0 saturated carbocycles. The maximum absolute atomic E-state index is 11.3. The Balaban J connectivity index is 0.000000176. The van der Waals surface area contributed by atoms with Gasteiger partial charge in [0.15, 0.2) is 0 Å². The minimum Gasteiger partial charge on any atom is -0.508 e. The van der Waals surface area contributed by atoms with Crippen molar-refractivity contribution < 1.29 is 19.4 Å². The van der Waals surface area contributed by atoms with Gasteiger partial charge in [-0.1, -0.05) is 0 Å². The average Bonchev–Trinajstić information content (AvgIpc) is 3.18. The summed E-state index contributed by atoms with van der Waals surface area (Å²) < 4.78 is 6.79. The summed E-state index contributed by atoms with van der Waals surface area (Å²) in [4.78, 5) is 22.5. The number of rotatable bonds is 1. The molecular weight excluding hydrogens is 707 g/mol. The molecule has 0 aliphatic carbocycles. The molecule has 3 N–H and O–H groups in total. The van der Waals surface area contributed by atoms with Crippen LogP contribution in [-0.4, -0.2) is 27.2 Å². The molecule has 2 aromatic carbocycles. The van der Waals surface area contributed by atoms with Crippen LogP contribution in [0.25, 0.3) is 0 Å². The van der Waals surface area contributed by atoms with Crippen molar-refractivity contribution in [2.24, 2.45) is 0 Å². The van der Waals surface area contributed by atoms with Crippen LogP contribution in [0.5, 0.6) is 11.5 Å². The highest BCUT2D eigenvalue weighted by molar-refractivity contribution is 9.69. The number of hydrogen-bond donors (Lipinski definition) is 3. The van der Waals surface area contributed by atoms with Gasteiger partial charge in [-0.3, -0.25) is 9.59 Å². The second-order valence-corrected chi connectivity index (χ2v) is 13.9. The number of carbonyl (C=O) groups excluding carboxylic acids is 2. The Morgan fingerprint density at radius 3 is 1.83 bits per heavy atom. The second-order valence-electron chi connectivity index (χ2n) is 5.72. The SMILES string of the molecule is BrB(Br)Br.COc1cc(Br)c2c(c1)CNC2=O.O=C1NCc2cc(O)cc(Br)c21. The van der Waals surface area contributed by atoms with Crippen molar-refractivity contribution in [2.75, 3.05) is 7.11 Å². The molecule has 6 nitrogen and oxygen atoms in total. The van der Waals surface area contributed by atoms with Crippen LogP contribution in [0.1, 0.15) is 31.8 Å². The number of phenols is 1. The molecule has 2 heterocycles. The highest BCUT2D eigenvalue weighted by atomic mass is 79.9. The maximum Gasteiger partial charge on any atom is 0.369 e. The molecule has 2 aliphatic rings. The van der Waals surface area contributed by atoms with E-state index in [0.29, 0.717) is 23.1 Å². The minimum atomic E-state index is -0.0862. The van der Waals surface area contributed by atoms with Crippen LogP contribution in [0, 0.1) is 0 Å². The molecule has 4 rings (SSSR count). The molecule has 0 bridgehead atoms. The number of ether oxygens (including phenoxy) is 1. The van der Waals surface area contributed by atoms with Gasteiger partial charge in [0, 0.05) is 22.0 Å². The second kappa shape index (κ2) is 11.2. The number of benzene rings is 2. The zero-order valence-corrected chi connectivity index (χ0v) is 22.8. The molecule has 0 saturated heterocycles. The van der Waals surface area contributed by atoms with Crippen LogP contribution in [0.2, 0.25) is 0 Å². The fourth-order valence-corrected chi connectivity index (χ4v) is 4.05. The fourth-order valence-electron chi connectivity index (χ4n) is 2.72. The molecular formula is C17H14BBr5N2O4. The molecule has 0 radical (unpaired) electrons. The van der Waals surface area contributed by atoms with Crippen LogP contribution >= 0.6 is 79.1 Å². The van der Waals surface area contributed by atoms with Crippen molar-refractivity contribution in [3.63, 3.8) is 0 Å². The van der Waals surface area contributed by atoms with Gasteiger partial charge in [0.05, 0.1) is 18.2 Å². The summed E-state index contributed by atoms with van der Waals surface area (Å²) in [6, 6.07) is 6.78. The summed E-state index contributed by atoms with van der Waals surface area (Å²) >= 11 is 15.9. The molecule has 29 heavy (non-hydrogen) atoms.